The van der Waals surface area contributed by atoms with E-state index in [-0.39, 0.29) is 18.8 Å². The van der Waals surface area contributed by atoms with E-state index >= 15 is 0 Å². The summed E-state index contributed by atoms with van der Waals surface area (Å²) in [4.78, 5) is 3.74. The van der Waals surface area contributed by atoms with Crippen LogP contribution >= 0.6 is 0 Å². The van der Waals surface area contributed by atoms with E-state index in [0.29, 0.717) is 12.5 Å². The minimum Gasteiger partial charge on any atom is -0.474 e. The minimum absolute atomic E-state index is 0.0513. The van der Waals surface area contributed by atoms with Crippen molar-refractivity contribution in [2.24, 2.45) is 5.92 Å². The third-order valence-corrected chi connectivity index (χ3v) is 5.32. The highest BCUT2D eigenvalue weighted by molar-refractivity contribution is 5.68. The van der Waals surface area contributed by atoms with Crippen LogP contribution in [0.15, 0.2) is 10.5 Å². The number of pyridine rings is 1. The number of alkyl halides is 6. The first kappa shape index (κ1) is 23.1. The van der Waals surface area contributed by atoms with Crippen molar-refractivity contribution in [2.45, 2.75) is 63.6 Å². The normalized spacial score (nSPS) is 25.6. The summed E-state index contributed by atoms with van der Waals surface area (Å²) >= 11 is 0. The van der Waals surface area contributed by atoms with Crippen molar-refractivity contribution < 1.29 is 40.6 Å². The molecule has 0 radical (unpaired) electrons. The lowest BCUT2D eigenvalue weighted by Gasteiger charge is -2.28. The van der Waals surface area contributed by atoms with E-state index in [2.05, 4.69) is 15.2 Å². The number of hydrogen-bond acceptors (Lipinski definition) is 7. The Morgan fingerprint density at radius 3 is 2.42 bits per heavy atom. The van der Waals surface area contributed by atoms with Crippen LogP contribution in [0, 0.1) is 5.92 Å². The molecule has 0 saturated carbocycles. The molecule has 2 aromatic heterocycles. The van der Waals surface area contributed by atoms with E-state index in [4.69, 9.17) is 14.9 Å². The molecule has 0 amide bonds. The summed E-state index contributed by atoms with van der Waals surface area (Å²) in [6.07, 6.45) is -10.9. The Morgan fingerprint density at radius 2 is 1.81 bits per heavy atom. The van der Waals surface area contributed by atoms with Crippen molar-refractivity contribution >= 4 is 5.69 Å². The van der Waals surface area contributed by atoms with Gasteiger partial charge in [-0.3, -0.25) is 0 Å². The van der Waals surface area contributed by atoms with Gasteiger partial charge in [-0.1, -0.05) is 13.3 Å². The average molecular weight is 454 g/mol. The highest BCUT2D eigenvalue weighted by Gasteiger charge is 2.58. The van der Waals surface area contributed by atoms with Crippen LogP contribution in [-0.2, 0) is 11.8 Å². The molecule has 7 nitrogen and oxygen atoms in total. The molecule has 0 aromatic carbocycles. The van der Waals surface area contributed by atoms with Crippen molar-refractivity contribution in [3.05, 3.63) is 17.5 Å². The molecule has 1 unspecified atom stereocenters. The van der Waals surface area contributed by atoms with Crippen LogP contribution in [0.25, 0.3) is 11.6 Å². The van der Waals surface area contributed by atoms with Crippen LogP contribution < -0.4 is 10.5 Å². The molecule has 1 aliphatic rings. The molecule has 13 heteroatoms. The van der Waals surface area contributed by atoms with Gasteiger partial charge in [-0.15, -0.1) is 10.2 Å². The van der Waals surface area contributed by atoms with Gasteiger partial charge >= 0.3 is 12.4 Å². The van der Waals surface area contributed by atoms with Crippen molar-refractivity contribution in [1.82, 2.24) is 15.2 Å². The molecule has 0 fully saturated rings. The fourth-order valence-corrected chi connectivity index (χ4v) is 3.21. The van der Waals surface area contributed by atoms with Gasteiger partial charge < -0.3 is 20.0 Å². The van der Waals surface area contributed by atoms with E-state index in [1.54, 1.807) is 6.92 Å². The summed E-state index contributed by atoms with van der Waals surface area (Å²) in [6.45, 7) is 3.23. The van der Waals surface area contributed by atoms with Gasteiger partial charge in [0.2, 0.25) is 11.5 Å². The quantitative estimate of drug-likeness (QED) is 0.566. The number of hydrogen-bond donors (Lipinski definition) is 2. The molecule has 172 valence electrons. The first-order valence-corrected chi connectivity index (χ1v) is 9.42. The topological polar surface area (TPSA) is 107 Å². The first-order chi connectivity index (χ1) is 14.2. The van der Waals surface area contributed by atoms with E-state index in [1.807, 2.05) is 0 Å². The zero-order chi connectivity index (χ0) is 23.2. The molecule has 31 heavy (non-hydrogen) atoms. The number of fused-ring (bicyclic) bond motifs is 5. The summed E-state index contributed by atoms with van der Waals surface area (Å²) in [5.74, 6) is -2.93. The second-order valence-corrected chi connectivity index (χ2v) is 7.59. The SMILES string of the molecule is CC1CCCC[C@](O)(C(F)(F)F)c2nnc(o2)-c2nc(c(C(F)(F)F)cc2N)O[C@@H]1C. The Balaban J connectivity index is 2.19. The van der Waals surface area contributed by atoms with Gasteiger partial charge in [-0.2, -0.15) is 26.3 Å². The third kappa shape index (κ3) is 4.41. The van der Waals surface area contributed by atoms with Crippen molar-refractivity contribution in [3.8, 4) is 17.5 Å². The maximum Gasteiger partial charge on any atom is 0.426 e. The number of aliphatic hydroxyl groups is 1. The van der Waals surface area contributed by atoms with E-state index in [9.17, 15) is 31.4 Å². The summed E-state index contributed by atoms with van der Waals surface area (Å²) in [7, 11) is 0. The number of anilines is 1. The predicted octanol–water partition coefficient (Wildman–Crippen LogP) is 4.46. The summed E-state index contributed by atoms with van der Waals surface area (Å²) < 4.78 is 91.8. The number of aromatic nitrogens is 3. The van der Waals surface area contributed by atoms with Crippen LogP contribution in [0.3, 0.4) is 0 Å². The molecule has 0 saturated heterocycles. The number of nitrogens with zero attached hydrogens (tertiary/aromatic N) is 3. The van der Waals surface area contributed by atoms with Gasteiger partial charge in [-0.05, 0) is 38.2 Å². The van der Waals surface area contributed by atoms with Crippen molar-refractivity contribution in [1.29, 1.82) is 0 Å². The number of ether oxygens (including phenoxy) is 1. The molecule has 3 heterocycles. The fourth-order valence-electron chi connectivity index (χ4n) is 3.21. The molecular weight excluding hydrogens is 434 g/mol. The minimum atomic E-state index is -5.12. The molecule has 3 atom stereocenters. The zero-order valence-electron chi connectivity index (χ0n) is 16.5. The largest absolute Gasteiger partial charge is 0.474 e. The fraction of sp³-hybridized carbons (Fsp3) is 0.611. The number of nitrogens with two attached hydrogens (primary N) is 1. The lowest BCUT2D eigenvalue weighted by Crippen LogP contribution is -2.42. The van der Waals surface area contributed by atoms with Crippen LogP contribution in [0.2, 0.25) is 0 Å². The summed E-state index contributed by atoms with van der Waals surface area (Å²) in [5.41, 5.74) is -0.0509. The second-order valence-electron chi connectivity index (χ2n) is 7.59. The first-order valence-electron chi connectivity index (χ1n) is 9.42. The lowest BCUT2D eigenvalue weighted by atomic mass is 9.92. The molecule has 4 bridgehead atoms. The number of nitrogen functional groups attached to an aromatic ring is 1. The van der Waals surface area contributed by atoms with Gasteiger partial charge in [0.15, 0.2) is 5.69 Å². The molecule has 3 rings (SSSR count). The zero-order valence-corrected chi connectivity index (χ0v) is 16.5. The van der Waals surface area contributed by atoms with Gasteiger partial charge in [-0.25, -0.2) is 4.98 Å². The average Bonchev–Trinajstić information content (AvgIpc) is 3.13. The smallest absolute Gasteiger partial charge is 0.426 e. The molecule has 2 aromatic rings. The molecule has 0 spiro atoms. The molecule has 1 aliphatic heterocycles. The van der Waals surface area contributed by atoms with Gasteiger partial charge in [0, 0.05) is 0 Å². The Bertz CT molecular complexity index is 945. The van der Waals surface area contributed by atoms with E-state index < -0.39 is 65.1 Å². The highest BCUT2D eigenvalue weighted by atomic mass is 19.4. The maximum absolute atomic E-state index is 13.6. The van der Waals surface area contributed by atoms with Crippen molar-refractivity contribution in [2.75, 3.05) is 5.73 Å². The van der Waals surface area contributed by atoms with Crippen LogP contribution in [0.4, 0.5) is 32.0 Å². The third-order valence-electron chi connectivity index (χ3n) is 5.32. The molecule has 0 aliphatic carbocycles. The van der Waals surface area contributed by atoms with Crippen LogP contribution in [0.5, 0.6) is 5.88 Å². The monoisotopic (exact) mass is 454 g/mol. The van der Waals surface area contributed by atoms with Crippen molar-refractivity contribution in [3.63, 3.8) is 0 Å². The lowest BCUT2D eigenvalue weighted by molar-refractivity contribution is -0.277. The Labute approximate surface area is 172 Å². The maximum atomic E-state index is 13.6. The Morgan fingerprint density at radius 1 is 1.13 bits per heavy atom. The highest BCUT2D eigenvalue weighted by Crippen LogP contribution is 2.44. The van der Waals surface area contributed by atoms with Crippen LogP contribution in [-0.4, -0.2) is 32.6 Å². The summed E-state index contributed by atoms with van der Waals surface area (Å²) in [5, 5.41) is 17.0. The van der Waals surface area contributed by atoms with E-state index in [0.717, 1.165) is 0 Å². The van der Waals surface area contributed by atoms with E-state index in [1.165, 1.54) is 6.92 Å². The summed E-state index contributed by atoms with van der Waals surface area (Å²) in [6, 6.07) is 0.542. The molecule has 3 N–H and O–H groups in total. The standard InChI is InChI=1S/C18H20F6N4O3/c1-8-5-3-4-6-16(29,18(22,23)24)15-28-27-14(31-15)12-11(25)7-10(17(19,20)21)13(26-12)30-9(8)2/h7-9,29H,3-6,25H2,1-2H3/t8?,9-,16-/m1/s1. The number of halogens is 6. The Kier molecular flexibility index (Phi) is 5.84. The van der Waals surface area contributed by atoms with Gasteiger partial charge in [0.1, 0.15) is 11.7 Å². The molecular formula is C18H20F6N4O3. The van der Waals surface area contributed by atoms with Crippen LogP contribution in [0.1, 0.15) is 51.0 Å². The Hall–Kier alpha value is -2.57. The number of rotatable bonds is 0. The second kappa shape index (κ2) is 7.84. The van der Waals surface area contributed by atoms with Gasteiger partial charge in [0.25, 0.3) is 11.8 Å². The predicted molar refractivity (Wildman–Crippen MR) is 94.6 cm³/mol. The van der Waals surface area contributed by atoms with Gasteiger partial charge in [0.05, 0.1) is 5.69 Å².